The molecule has 0 spiro atoms. The van der Waals surface area contributed by atoms with Crippen LogP contribution in [-0.2, 0) is 4.79 Å². The van der Waals surface area contributed by atoms with Crippen molar-refractivity contribution >= 4 is 17.7 Å². The van der Waals surface area contributed by atoms with Gasteiger partial charge in [-0.2, -0.15) is 0 Å². The Kier molecular flexibility index (Phi) is 6.83. The number of thioether (sulfide) groups is 1. The lowest BCUT2D eigenvalue weighted by Gasteiger charge is -2.06. The second-order valence-corrected chi connectivity index (χ2v) is 5.77. The van der Waals surface area contributed by atoms with Crippen LogP contribution in [0.25, 0.3) is 0 Å². The molecule has 1 aromatic carbocycles. The van der Waals surface area contributed by atoms with Gasteiger partial charge in [-0.15, -0.1) is 11.8 Å². The topological polar surface area (TPSA) is 55.1 Å². The molecule has 0 heterocycles. The largest absolute Gasteiger partial charge is 0.294 e. The van der Waals surface area contributed by atoms with Crippen LogP contribution in [0.5, 0.6) is 0 Å². The van der Waals surface area contributed by atoms with Gasteiger partial charge in [0.15, 0.2) is 0 Å². The van der Waals surface area contributed by atoms with E-state index in [1.165, 1.54) is 10.5 Å². The Morgan fingerprint density at radius 1 is 1.28 bits per heavy atom. The molecule has 0 aromatic heterocycles. The molecule has 3 N–H and O–H groups in total. The van der Waals surface area contributed by atoms with Crippen LogP contribution in [0.3, 0.4) is 0 Å². The number of hydrazine groups is 1. The van der Waals surface area contributed by atoms with E-state index >= 15 is 0 Å². The fourth-order valence-corrected chi connectivity index (χ4v) is 2.51. The van der Waals surface area contributed by atoms with Crippen molar-refractivity contribution in [1.29, 1.82) is 0 Å². The van der Waals surface area contributed by atoms with E-state index in [0.717, 1.165) is 18.6 Å². The molecule has 3 nitrogen and oxygen atoms in total. The maximum Gasteiger partial charge on any atom is 0.233 e. The predicted octanol–water partition coefficient (Wildman–Crippen LogP) is 3.06. The van der Waals surface area contributed by atoms with Crippen LogP contribution in [0, 0.1) is 0 Å². The molecule has 1 rings (SSSR count). The molecule has 0 unspecified atom stereocenters. The first-order chi connectivity index (χ1) is 8.63. The van der Waals surface area contributed by atoms with Crippen molar-refractivity contribution in [2.24, 2.45) is 5.84 Å². The summed E-state index contributed by atoms with van der Waals surface area (Å²) in [5.74, 6) is 6.55. The maximum atomic E-state index is 10.9. The van der Waals surface area contributed by atoms with Crippen LogP contribution in [-0.4, -0.2) is 11.7 Å². The lowest BCUT2D eigenvalue weighted by molar-refractivity contribution is -0.121. The number of benzene rings is 1. The van der Waals surface area contributed by atoms with Crippen LogP contribution in [0.2, 0.25) is 0 Å². The fraction of sp³-hybridized carbons (Fsp3) is 0.500. The van der Waals surface area contributed by atoms with Crippen molar-refractivity contribution in [1.82, 2.24) is 5.43 Å². The zero-order valence-electron chi connectivity index (χ0n) is 11.1. The summed E-state index contributed by atoms with van der Waals surface area (Å²) in [5, 5.41) is 0. The van der Waals surface area contributed by atoms with Gasteiger partial charge in [-0.05, 0) is 42.2 Å². The number of nitrogens with one attached hydrogen (secondary N) is 1. The Hall–Kier alpha value is -1.00. The Bertz CT molecular complexity index is 363. The molecule has 0 aliphatic carbocycles. The summed E-state index contributed by atoms with van der Waals surface area (Å²) in [4.78, 5) is 12.2. The monoisotopic (exact) mass is 266 g/mol. The van der Waals surface area contributed by atoms with Gasteiger partial charge in [0.1, 0.15) is 0 Å². The first kappa shape index (κ1) is 15.1. The van der Waals surface area contributed by atoms with Gasteiger partial charge < -0.3 is 0 Å². The average molecular weight is 266 g/mol. The van der Waals surface area contributed by atoms with E-state index in [2.05, 4.69) is 43.5 Å². The first-order valence-electron chi connectivity index (χ1n) is 6.35. The van der Waals surface area contributed by atoms with Crippen molar-refractivity contribution in [2.45, 2.75) is 43.9 Å². The lowest BCUT2D eigenvalue weighted by atomic mass is 10.0. The Balaban J connectivity index is 2.21. The second-order valence-electron chi connectivity index (χ2n) is 4.60. The second kappa shape index (κ2) is 8.16. The molecule has 0 radical (unpaired) electrons. The Morgan fingerprint density at radius 2 is 1.94 bits per heavy atom. The molecular formula is C14H22N2OS. The van der Waals surface area contributed by atoms with Crippen molar-refractivity contribution in [2.75, 3.05) is 5.75 Å². The third kappa shape index (κ3) is 5.56. The maximum absolute atomic E-state index is 10.9. The minimum absolute atomic E-state index is 0.0821. The summed E-state index contributed by atoms with van der Waals surface area (Å²) in [6, 6.07) is 8.73. The molecule has 0 saturated heterocycles. The smallest absolute Gasteiger partial charge is 0.233 e. The minimum atomic E-state index is -0.0821. The van der Waals surface area contributed by atoms with Gasteiger partial charge in [-0.3, -0.25) is 10.2 Å². The standard InChI is InChI=1S/C14H22N2OS/c1-11(2)12-6-8-13(9-7-12)18-10-4-3-5-14(17)16-15/h6-9,11H,3-5,10,15H2,1-2H3,(H,16,17). The van der Waals surface area contributed by atoms with Gasteiger partial charge in [0.05, 0.1) is 0 Å². The third-order valence-electron chi connectivity index (χ3n) is 2.77. The van der Waals surface area contributed by atoms with E-state index in [1.807, 2.05) is 11.8 Å². The predicted molar refractivity (Wildman–Crippen MR) is 77.4 cm³/mol. The van der Waals surface area contributed by atoms with Gasteiger partial charge in [0.2, 0.25) is 5.91 Å². The normalized spacial score (nSPS) is 10.7. The van der Waals surface area contributed by atoms with E-state index in [4.69, 9.17) is 5.84 Å². The SMILES string of the molecule is CC(C)c1ccc(SCCCCC(=O)NN)cc1. The van der Waals surface area contributed by atoms with Gasteiger partial charge in [0, 0.05) is 11.3 Å². The highest BCUT2D eigenvalue weighted by Gasteiger charge is 2.00. The highest BCUT2D eigenvalue weighted by atomic mass is 32.2. The van der Waals surface area contributed by atoms with Crippen molar-refractivity contribution in [3.63, 3.8) is 0 Å². The zero-order chi connectivity index (χ0) is 13.4. The molecule has 0 aliphatic heterocycles. The number of unbranched alkanes of at least 4 members (excludes halogenated alkanes) is 1. The molecule has 0 aliphatic rings. The number of carbonyl (C=O) groups is 1. The van der Waals surface area contributed by atoms with Gasteiger partial charge >= 0.3 is 0 Å². The van der Waals surface area contributed by atoms with E-state index in [-0.39, 0.29) is 5.91 Å². The Labute approximate surface area is 113 Å². The molecule has 100 valence electrons. The average Bonchev–Trinajstić information content (AvgIpc) is 2.38. The van der Waals surface area contributed by atoms with Gasteiger partial charge in [-0.1, -0.05) is 26.0 Å². The number of hydrogen-bond donors (Lipinski definition) is 2. The minimum Gasteiger partial charge on any atom is -0.294 e. The zero-order valence-corrected chi connectivity index (χ0v) is 11.9. The van der Waals surface area contributed by atoms with Gasteiger partial charge in [-0.25, -0.2) is 5.84 Å². The van der Waals surface area contributed by atoms with E-state index in [9.17, 15) is 4.79 Å². The third-order valence-corrected chi connectivity index (χ3v) is 3.87. The summed E-state index contributed by atoms with van der Waals surface area (Å²) in [7, 11) is 0. The number of amides is 1. The number of nitrogens with two attached hydrogens (primary N) is 1. The van der Waals surface area contributed by atoms with E-state index in [0.29, 0.717) is 12.3 Å². The van der Waals surface area contributed by atoms with Crippen LogP contribution in [0.1, 0.15) is 44.6 Å². The highest BCUT2D eigenvalue weighted by molar-refractivity contribution is 7.99. The Morgan fingerprint density at radius 3 is 2.50 bits per heavy atom. The fourth-order valence-electron chi connectivity index (χ4n) is 1.60. The summed E-state index contributed by atoms with van der Waals surface area (Å²) >= 11 is 1.84. The highest BCUT2D eigenvalue weighted by Crippen LogP contribution is 2.22. The number of hydrogen-bond acceptors (Lipinski definition) is 3. The molecule has 0 bridgehead atoms. The number of carbonyl (C=O) groups excluding carboxylic acids is 1. The van der Waals surface area contributed by atoms with Crippen molar-refractivity contribution in [3.05, 3.63) is 29.8 Å². The lowest BCUT2D eigenvalue weighted by Crippen LogP contribution is -2.29. The van der Waals surface area contributed by atoms with Crippen LogP contribution >= 0.6 is 11.8 Å². The molecular weight excluding hydrogens is 244 g/mol. The molecule has 1 aromatic rings. The molecule has 0 fully saturated rings. The van der Waals surface area contributed by atoms with Gasteiger partial charge in [0.25, 0.3) is 0 Å². The van der Waals surface area contributed by atoms with Crippen molar-refractivity contribution in [3.8, 4) is 0 Å². The molecule has 18 heavy (non-hydrogen) atoms. The molecule has 1 amide bonds. The van der Waals surface area contributed by atoms with Crippen LogP contribution in [0.15, 0.2) is 29.2 Å². The summed E-state index contributed by atoms with van der Waals surface area (Å²) in [6.07, 6.45) is 2.44. The summed E-state index contributed by atoms with van der Waals surface area (Å²) < 4.78 is 0. The van der Waals surface area contributed by atoms with E-state index < -0.39 is 0 Å². The van der Waals surface area contributed by atoms with E-state index in [1.54, 1.807) is 0 Å². The first-order valence-corrected chi connectivity index (χ1v) is 7.34. The van der Waals surface area contributed by atoms with Crippen LogP contribution in [0.4, 0.5) is 0 Å². The van der Waals surface area contributed by atoms with Crippen molar-refractivity contribution < 1.29 is 4.79 Å². The summed E-state index contributed by atoms with van der Waals surface area (Å²) in [5.41, 5.74) is 3.52. The quantitative estimate of drug-likeness (QED) is 0.262. The number of rotatable bonds is 7. The molecule has 0 saturated carbocycles. The molecule has 0 atom stereocenters. The molecule has 4 heteroatoms. The summed E-state index contributed by atoms with van der Waals surface area (Å²) in [6.45, 7) is 4.40. The van der Waals surface area contributed by atoms with Crippen LogP contribution < -0.4 is 11.3 Å².